The van der Waals surface area contributed by atoms with Crippen LogP contribution in [-0.2, 0) is 4.79 Å². The van der Waals surface area contributed by atoms with E-state index in [1.165, 1.54) is 57.8 Å². The minimum Gasteiger partial charge on any atom is -0.399 e. The van der Waals surface area contributed by atoms with Crippen LogP contribution in [0.1, 0.15) is 81.8 Å². The van der Waals surface area contributed by atoms with Crippen molar-refractivity contribution in [2.45, 2.75) is 76.7 Å². The lowest BCUT2D eigenvalue weighted by Gasteiger charge is -2.19. The molecule has 2 aromatic carbocycles. The molecule has 1 saturated carbocycles. The lowest BCUT2D eigenvalue weighted by Crippen LogP contribution is -2.34. The van der Waals surface area contributed by atoms with Crippen molar-refractivity contribution in [3.05, 3.63) is 71.8 Å². The van der Waals surface area contributed by atoms with Gasteiger partial charge in [-0.25, -0.2) is 0 Å². The molecule has 0 bridgehead atoms. The predicted octanol–water partition coefficient (Wildman–Crippen LogP) is 6.49. The van der Waals surface area contributed by atoms with Gasteiger partial charge in [-0.2, -0.15) is 0 Å². The smallest absolute Gasteiger partial charge is 0.244 e. The molecule has 3 N–H and O–H groups in total. The van der Waals surface area contributed by atoms with Gasteiger partial charge in [-0.15, -0.1) is 0 Å². The van der Waals surface area contributed by atoms with Crippen molar-refractivity contribution in [3.8, 4) is 0 Å². The zero-order valence-corrected chi connectivity index (χ0v) is 18.1. The van der Waals surface area contributed by atoms with Crippen LogP contribution in [0.4, 0.5) is 5.69 Å². The van der Waals surface area contributed by atoms with Gasteiger partial charge < -0.3 is 11.1 Å². The van der Waals surface area contributed by atoms with Crippen molar-refractivity contribution >= 4 is 17.2 Å². The van der Waals surface area contributed by atoms with Gasteiger partial charge in [0.15, 0.2) is 0 Å². The van der Waals surface area contributed by atoms with Gasteiger partial charge in [0.2, 0.25) is 5.91 Å². The highest BCUT2D eigenvalue weighted by Gasteiger charge is 2.13. The quantitative estimate of drug-likeness (QED) is 0.452. The maximum absolute atomic E-state index is 13.0. The average molecular weight is 405 g/mol. The Balaban J connectivity index is 1.72. The molecule has 3 nitrogen and oxygen atoms in total. The van der Waals surface area contributed by atoms with Crippen LogP contribution in [-0.4, -0.2) is 11.9 Å². The Morgan fingerprint density at radius 1 is 0.733 bits per heavy atom. The van der Waals surface area contributed by atoms with Gasteiger partial charge in [0, 0.05) is 17.8 Å². The molecule has 1 aliphatic carbocycles. The molecule has 3 rings (SSSR count). The summed E-state index contributed by atoms with van der Waals surface area (Å²) >= 11 is 0. The SMILES string of the molecule is Nc1ccc(/C(=C\C(=O)NC2CCCCCCCCCCC2)c2ccccc2)cc1. The number of benzene rings is 2. The van der Waals surface area contributed by atoms with E-state index in [-0.39, 0.29) is 11.9 Å². The van der Waals surface area contributed by atoms with E-state index in [0.29, 0.717) is 0 Å². The molecule has 0 unspecified atom stereocenters. The molecule has 160 valence electrons. The number of carbonyl (C=O) groups is 1. The van der Waals surface area contributed by atoms with Crippen molar-refractivity contribution in [2.75, 3.05) is 5.73 Å². The number of amides is 1. The van der Waals surface area contributed by atoms with Crippen LogP contribution >= 0.6 is 0 Å². The normalized spacial score (nSPS) is 17.5. The number of nitrogens with one attached hydrogen (secondary N) is 1. The van der Waals surface area contributed by atoms with Crippen LogP contribution in [0.2, 0.25) is 0 Å². The summed E-state index contributed by atoms with van der Waals surface area (Å²) in [4.78, 5) is 13.0. The Morgan fingerprint density at radius 2 is 1.23 bits per heavy atom. The first-order valence-electron chi connectivity index (χ1n) is 11.7. The Morgan fingerprint density at radius 3 is 1.80 bits per heavy atom. The molecular weight excluding hydrogens is 368 g/mol. The number of anilines is 1. The number of carbonyl (C=O) groups excluding carboxylic acids is 1. The minimum absolute atomic E-state index is 0.00257. The summed E-state index contributed by atoms with van der Waals surface area (Å²) in [6.45, 7) is 0. The summed E-state index contributed by atoms with van der Waals surface area (Å²) in [6.07, 6.45) is 15.7. The summed E-state index contributed by atoms with van der Waals surface area (Å²) in [7, 11) is 0. The van der Waals surface area contributed by atoms with E-state index in [9.17, 15) is 4.79 Å². The van der Waals surface area contributed by atoms with Crippen LogP contribution in [0.25, 0.3) is 5.57 Å². The second kappa shape index (κ2) is 12.2. The van der Waals surface area contributed by atoms with Crippen LogP contribution in [0, 0.1) is 0 Å². The molecular formula is C27H36N2O. The molecule has 30 heavy (non-hydrogen) atoms. The second-order valence-electron chi connectivity index (χ2n) is 8.51. The Kier molecular flexibility index (Phi) is 9.02. The molecule has 0 heterocycles. The Bertz CT molecular complexity index is 783. The van der Waals surface area contributed by atoms with Gasteiger partial charge >= 0.3 is 0 Å². The fourth-order valence-corrected chi connectivity index (χ4v) is 4.30. The second-order valence-corrected chi connectivity index (χ2v) is 8.51. The van der Waals surface area contributed by atoms with Crippen molar-refractivity contribution in [1.29, 1.82) is 0 Å². The van der Waals surface area contributed by atoms with Gasteiger partial charge in [-0.05, 0) is 41.7 Å². The predicted molar refractivity (Wildman–Crippen MR) is 127 cm³/mol. The summed E-state index contributed by atoms with van der Waals surface area (Å²) in [6, 6.07) is 18.1. The number of hydrogen-bond acceptors (Lipinski definition) is 2. The molecule has 1 amide bonds. The van der Waals surface area contributed by atoms with Crippen molar-refractivity contribution in [2.24, 2.45) is 0 Å². The highest BCUT2D eigenvalue weighted by atomic mass is 16.1. The molecule has 0 radical (unpaired) electrons. The van der Waals surface area contributed by atoms with Crippen LogP contribution in [0.3, 0.4) is 0 Å². The number of nitrogens with two attached hydrogens (primary N) is 1. The third-order valence-corrected chi connectivity index (χ3v) is 6.03. The lowest BCUT2D eigenvalue weighted by molar-refractivity contribution is -0.117. The van der Waals surface area contributed by atoms with Crippen LogP contribution < -0.4 is 11.1 Å². The molecule has 0 aromatic heterocycles. The molecule has 2 aromatic rings. The van der Waals surface area contributed by atoms with E-state index < -0.39 is 0 Å². The van der Waals surface area contributed by atoms with E-state index in [1.54, 1.807) is 6.08 Å². The largest absolute Gasteiger partial charge is 0.399 e. The Hall–Kier alpha value is -2.55. The first kappa shape index (κ1) is 22.1. The lowest BCUT2D eigenvalue weighted by atomic mass is 9.96. The molecule has 1 aliphatic rings. The number of nitrogen functional groups attached to an aromatic ring is 1. The van der Waals surface area contributed by atoms with Crippen LogP contribution in [0.15, 0.2) is 60.7 Å². The van der Waals surface area contributed by atoms with Crippen molar-refractivity contribution in [3.63, 3.8) is 0 Å². The number of rotatable bonds is 4. The minimum atomic E-state index is 0.00257. The van der Waals surface area contributed by atoms with Gasteiger partial charge in [0.25, 0.3) is 0 Å². The van der Waals surface area contributed by atoms with E-state index >= 15 is 0 Å². The van der Waals surface area contributed by atoms with Gasteiger partial charge in [0.1, 0.15) is 0 Å². The number of hydrogen-bond donors (Lipinski definition) is 2. The average Bonchev–Trinajstić information content (AvgIpc) is 2.75. The van der Waals surface area contributed by atoms with Gasteiger partial charge in [0.05, 0.1) is 0 Å². The molecule has 3 heteroatoms. The highest BCUT2D eigenvalue weighted by Crippen LogP contribution is 2.24. The molecule has 0 spiro atoms. The molecule has 1 fully saturated rings. The van der Waals surface area contributed by atoms with E-state index in [4.69, 9.17) is 5.73 Å². The van der Waals surface area contributed by atoms with Gasteiger partial charge in [-0.3, -0.25) is 4.79 Å². The third-order valence-electron chi connectivity index (χ3n) is 6.03. The van der Waals surface area contributed by atoms with E-state index in [1.807, 2.05) is 54.6 Å². The molecule has 0 atom stereocenters. The summed E-state index contributed by atoms with van der Waals surface area (Å²) in [5.74, 6) is 0.00257. The molecule has 0 saturated heterocycles. The summed E-state index contributed by atoms with van der Waals surface area (Å²) in [5.41, 5.74) is 9.56. The zero-order valence-electron chi connectivity index (χ0n) is 18.1. The van der Waals surface area contributed by atoms with E-state index in [0.717, 1.165) is 35.2 Å². The fraction of sp³-hybridized carbons (Fsp3) is 0.444. The van der Waals surface area contributed by atoms with Crippen LogP contribution in [0.5, 0.6) is 0 Å². The van der Waals surface area contributed by atoms with E-state index in [2.05, 4.69) is 5.32 Å². The molecule has 0 aliphatic heterocycles. The Labute approximate surface area is 181 Å². The zero-order chi connectivity index (χ0) is 21.0. The summed E-state index contributed by atoms with van der Waals surface area (Å²) in [5, 5.41) is 3.31. The first-order valence-corrected chi connectivity index (χ1v) is 11.7. The monoisotopic (exact) mass is 404 g/mol. The van der Waals surface area contributed by atoms with Crippen molar-refractivity contribution < 1.29 is 4.79 Å². The van der Waals surface area contributed by atoms with Gasteiger partial charge in [-0.1, -0.05) is 100 Å². The maximum Gasteiger partial charge on any atom is 0.244 e. The maximum atomic E-state index is 13.0. The summed E-state index contributed by atoms with van der Waals surface area (Å²) < 4.78 is 0. The standard InChI is InChI=1S/C27H36N2O/c28-24-19-17-23(18-20-24)26(22-13-9-8-10-14-22)21-27(30)29-25-15-11-6-4-2-1-3-5-7-12-16-25/h8-10,13-14,17-21,25H,1-7,11-12,15-16,28H2,(H,29,30)/b26-21-. The first-order chi connectivity index (χ1) is 14.7. The van der Waals surface area contributed by atoms with Crippen molar-refractivity contribution in [1.82, 2.24) is 5.32 Å². The topological polar surface area (TPSA) is 55.1 Å². The highest BCUT2D eigenvalue weighted by molar-refractivity contribution is 5.99. The third kappa shape index (κ3) is 7.37. The fourth-order valence-electron chi connectivity index (χ4n) is 4.30.